The minimum atomic E-state index is -0.679. The van der Waals surface area contributed by atoms with Crippen LogP contribution in [-0.2, 0) is 22.6 Å². The molecule has 0 aliphatic rings. The van der Waals surface area contributed by atoms with E-state index in [-0.39, 0.29) is 13.1 Å². The Bertz CT molecular complexity index is 1310. The number of carbonyl (C=O) groups is 2. The maximum atomic E-state index is 13.0. The average Bonchev–Trinajstić information content (AvgIpc) is 3.31. The quantitative estimate of drug-likeness (QED) is 0.289. The lowest BCUT2D eigenvalue weighted by Crippen LogP contribution is -2.36. The molecule has 0 saturated heterocycles. The molecule has 0 fully saturated rings. The maximum absolute atomic E-state index is 13.0. The van der Waals surface area contributed by atoms with Crippen molar-refractivity contribution in [3.8, 4) is 0 Å². The zero-order valence-corrected chi connectivity index (χ0v) is 24.2. The van der Waals surface area contributed by atoms with E-state index in [1.165, 1.54) is 14.5 Å². The first-order chi connectivity index (χ1) is 18.7. The minimum Gasteiger partial charge on any atom is -0.443 e. The lowest BCUT2D eigenvalue weighted by atomic mass is 10.1. The Morgan fingerprint density at radius 1 is 0.850 bits per heavy atom. The highest BCUT2D eigenvalue weighted by Gasteiger charge is 2.25. The first-order valence-electron chi connectivity index (χ1n) is 13.0. The smallest absolute Gasteiger partial charge is 0.415 e. The number of halogens is 1. The van der Waals surface area contributed by atoms with Crippen LogP contribution < -0.4 is 9.80 Å². The molecule has 2 aromatic carbocycles. The van der Waals surface area contributed by atoms with E-state index in [4.69, 9.17) is 9.47 Å². The third-order valence-electron chi connectivity index (χ3n) is 5.45. The van der Waals surface area contributed by atoms with Gasteiger partial charge in [0.1, 0.15) is 23.6 Å². The van der Waals surface area contributed by atoms with Crippen LogP contribution in [0.25, 0.3) is 12.2 Å². The van der Waals surface area contributed by atoms with Gasteiger partial charge in [-0.25, -0.2) is 18.7 Å². The van der Waals surface area contributed by atoms with Crippen LogP contribution >= 0.6 is 0 Å². The first kappa shape index (κ1) is 30.3. The van der Waals surface area contributed by atoms with E-state index in [0.29, 0.717) is 11.4 Å². The van der Waals surface area contributed by atoms with Gasteiger partial charge in [-0.3, -0.25) is 9.80 Å². The van der Waals surface area contributed by atoms with Crippen molar-refractivity contribution in [2.45, 2.75) is 65.8 Å². The highest BCUT2D eigenvalue weighted by molar-refractivity contribution is 5.88. The molecule has 0 N–H and O–H groups in total. The minimum absolute atomic E-state index is 0.101. The number of alkyl halides is 1. The number of ether oxygens (including phenoxy) is 2. The predicted molar refractivity (Wildman–Crippen MR) is 155 cm³/mol. The molecule has 0 saturated carbocycles. The molecule has 0 aliphatic carbocycles. The summed E-state index contributed by atoms with van der Waals surface area (Å²) in [6.45, 7) is 10.6. The summed E-state index contributed by atoms with van der Waals surface area (Å²) in [6.07, 6.45) is 4.59. The van der Waals surface area contributed by atoms with Crippen molar-refractivity contribution in [1.82, 2.24) is 15.0 Å². The van der Waals surface area contributed by atoms with Crippen molar-refractivity contribution in [2.75, 3.05) is 23.5 Å². The number of hydrogen-bond acceptors (Lipinski definition) is 6. The molecule has 40 heavy (non-hydrogen) atoms. The number of nitrogens with zero attached hydrogens (tertiary/aromatic N) is 5. The van der Waals surface area contributed by atoms with Crippen molar-refractivity contribution in [3.05, 3.63) is 71.5 Å². The van der Waals surface area contributed by atoms with Gasteiger partial charge in [0.15, 0.2) is 0 Å². The van der Waals surface area contributed by atoms with E-state index < -0.39 is 30.1 Å². The molecule has 0 aliphatic heterocycles. The molecule has 214 valence electrons. The van der Waals surface area contributed by atoms with Gasteiger partial charge >= 0.3 is 12.2 Å². The Morgan fingerprint density at radius 3 is 1.85 bits per heavy atom. The van der Waals surface area contributed by atoms with E-state index in [9.17, 15) is 14.0 Å². The van der Waals surface area contributed by atoms with Crippen LogP contribution in [0.1, 0.15) is 58.4 Å². The van der Waals surface area contributed by atoms with E-state index in [2.05, 4.69) is 10.3 Å². The fourth-order valence-electron chi connectivity index (χ4n) is 3.55. The summed E-state index contributed by atoms with van der Waals surface area (Å²) >= 11 is 0. The zero-order chi connectivity index (χ0) is 29.5. The number of amides is 2. The van der Waals surface area contributed by atoms with Crippen LogP contribution in [-0.4, -0.2) is 52.1 Å². The number of benzene rings is 2. The Morgan fingerprint density at radius 2 is 1.35 bits per heavy atom. The van der Waals surface area contributed by atoms with Gasteiger partial charge in [0.05, 0.1) is 19.3 Å². The molecule has 3 aromatic rings. The standard InChI is InChI=1S/C30H38FN5O4/c1-29(2,3)39-27(37)34(7)25-14-10-22(11-15-25)8-9-23-12-16-26(17-13-23)36(28(38)40-30(4,5)6)21-24-20-35(19-18-31)33-32-24/h8-17,20H,18-19,21H2,1-7H3/b9-8+/i31-1. The SMILES string of the molecule is CN(C(=O)OC(C)(C)C)c1ccc(/C=C/c2ccc(N(Cc3cn(CC[18F])nn3)C(=O)OC(C)(C)C)cc2)cc1. The maximum Gasteiger partial charge on any atom is 0.415 e. The van der Waals surface area contributed by atoms with E-state index in [1.54, 1.807) is 34.0 Å². The summed E-state index contributed by atoms with van der Waals surface area (Å²) < 4.78 is 25.1. The summed E-state index contributed by atoms with van der Waals surface area (Å²) in [5, 5.41) is 7.96. The number of aromatic nitrogens is 3. The summed E-state index contributed by atoms with van der Waals surface area (Å²) in [6, 6.07) is 15.0. The molecule has 0 spiro atoms. The molecule has 0 unspecified atom stereocenters. The molecule has 10 heteroatoms. The summed E-state index contributed by atoms with van der Waals surface area (Å²) in [7, 11) is 1.67. The van der Waals surface area contributed by atoms with Gasteiger partial charge in [-0.05, 0) is 76.9 Å². The van der Waals surface area contributed by atoms with Crippen molar-refractivity contribution in [1.29, 1.82) is 0 Å². The third kappa shape index (κ3) is 9.21. The molecule has 0 bridgehead atoms. The molecule has 9 nitrogen and oxygen atoms in total. The second-order valence-corrected chi connectivity index (χ2v) is 11.3. The third-order valence-corrected chi connectivity index (χ3v) is 5.45. The van der Waals surface area contributed by atoms with E-state index in [0.717, 1.165) is 16.8 Å². The Balaban J connectivity index is 1.72. The van der Waals surface area contributed by atoms with Crippen LogP contribution in [0.3, 0.4) is 0 Å². The van der Waals surface area contributed by atoms with Crippen molar-refractivity contribution < 1.29 is 23.5 Å². The van der Waals surface area contributed by atoms with Crippen molar-refractivity contribution >= 4 is 35.7 Å². The number of hydrogen-bond donors (Lipinski definition) is 0. The summed E-state index contributed by atoms with van der Waals surface area (Å²) in [5.74, 6) is 0. The van der Waals surface area contributed by atoms with E-state index >= 15 is 0 Å². The van der Waals surface area contributed by atoms with Crippen molar-refractivity contribution in [3.63, 3.8) is 0 Å². The second kappa shape index (κ2) is 12.8. The fraction of sp³-hybridized carbons (Fsp3) is 0.400. The van der Waals surface area contributed by atoms with Gasteiger partial charge in [0.2, 0.25) is 0 Å². The number of aryl methyl sites for hydroxylation is 1. The Kier molecular flexibility index (Phi) is 9.68. The Hall–Kier alpha value is -4.21. The van der Waals surface area contributed by atoms with Crippen LogP contribution in [0.4, 0.5) is 25.4 Å². The molecular formula is C30H38FN5O4. The van der Waals surface area contributed by atoms with Gasteiger partial charge in [-0.1, -0.05) is 41.6 Å². The topological polar surface area (TPSA) is 89.8 Å². The van der Waals surface area contributed by atoms with Gasteiger partial charge in [0.25, 0.3) is 0 Å². The van der Waals surface area contributed by atoms with Crippen LogP contribution in [0.5, 0.6) is 0 Å². The molecule has 0 atom stereocenters. The normalized spacial score (nSPS) is 11.9. The first-order valence-corrected chi connectivity index (χ1v) is 13.0. The Labute approximate surface area is 235 Å². The number of rotatable bonds is 8. The molecule has 1 aromatic heterocycles. The summed E-state index contributed by atoms with van der Waals surface area (Å²) in [5.41, 5.74) is 2.51. The molecular weight excluding hydrogens is 512 g/mol. The van der Waals surface area contributed by atoms with E-state index in [1.807, 2.05) is 81.5 Å². The van der Waals surface area contributed by atoms with Crippen LogP contribution in [0, 0.1) is 0 Å². The second-order valence-electron chi connectivity index (χ2n) is 11.3. The van der Waals surface area contributed by atoms with Gasteiger partial charge in [-0.15, -0.1) is 5.10 Å². The molecule has 0 radical (unpaired) electrons. The molecule has 1 heterocycles. The largest absolute Gasteiger partial charge is 0.443 e. The highest BCUT2D eigenvalue weighted by Crippen LogP contribution is 2.23. The fourth-order valence-corrected chi connectivity index (χ4v) is 3.55. The predicted octanol–water partition coefficient (Wildman–Crippen LogP) is 6.73. The van der Waals surface area contributed by atoms with Gasteiger partial charge in [-0.2, -0.15) is 0 Å². The monoisotopic (exact) mass is 550 g/mol. The van der Waals surface area contributed by atoms with Gasteiger partial charge < -0.3 is 9.47 Å². The van der Waals surface area contributed by atoms with Crippen molar-refractivity contribution in [2.24, 2.45) is 0 Å². The highest BCUT2D eigenvalue weighted by atomic mass is 18.2. The number of carbonyl (C=O) groups excluding carboxylic acids is 2. The van der Waals surface area contributed by atoms with Crippen LogP contribution in [0.2, 0.25) is 0 Å². The summed E-state index contributed by atoms with van der Waals surface area (Å²) in [4.78, 5) is 28.3. The lowest BCUT2D eigenvalue weighted by molar-refractivity contribution is 0.0571. The van der Waals surface area contributed by atoms with Gasteiger partial charge in [0, 0.05) is 18.4 Å². The lowest BCUT2D eigenvalue weighted by Gasteiger charge is -2.27. The number of anilines is 2. The van der Waals surface area contributed by atoms with Crippen LogP contribution in [0.15, 0.2) is 54.7 Å². The average molecular weight is 551 g/mol. The molecule has 3 rings (SSSR count). The molecule has 2 amide bonds. The zero-order valence-electron chi connectivity index (χ0n) is 24.2.